The van der Waals surface area contributed by atoms with Crippen molar-refractivity contribution >= 4 is 28.2 Å². The highest BCUT2D eigenvalue weighted by Gasteiger charge is 2.39. The number of benzene rings is 1. The van der Waals surface area contributed by atoms with Gasteiger partial charge in [0, 0.05) is 44.0 Å². The molecule has 2 saturated heterocycles. The third-order valence-corrected chi connectivity index (χ3v) is 6.68. The number of aliphatic imine (C=N–C) groups is 1. The maximum absolute atomic E-state index is 6.07. The average molecular weight is 459 g/mol. The fourth-order valence-electron chi connectivity index (χ4n) is 5.31. The Morgan fingerprint density at radius 2 is 1.62 bits per heavy atom. The molecule has 0 N–H and O–H groups in total. The number of amidine groups is 1. The first-order valence-electron chi connectivity index (χ1n) is 12.1. The van der Waals surface area contributed by atoms with Crippen LogP contribution in [0.3, 0.4) is 0 Å². The van der Waals surface area contributed by atoms with Crippen LogP contribution >= 0.6 is 0 Å². The Balaban J connectivity index is 1.54. The van der Waals surface area contributed by atoms with E-state index >= 15 is 0 Å². The van der Waals surface area contributed by atoms with Crippen molar-refractivity contribution in [1.29, 1.82) is 0 Å². The van der Waals surface area contributed by atoms with Gasteiger partial charge in [-0.15, -0.1) is 0 Å². The molecule has 3 aliphatic rings. The van der Waals surface area contributed by atoms with Gasteiger partial charge in [-0.25, -0.2) is 9.98 Å². The summed E-state index contributed by atoms with van der Waals surface area (Å²) in [5, 5.41) is 1.10. The predicted octanol–water partition coefficient (Wildman–Crippen LogP) is 3.25. The fraction of sp³-hybridized carbons (Fsp3) is 0.423. The molecule has 2 aromatic heterocycles. The van der Waals surface area contributed by atoms with Crippen LogP contribution in [0.4, 0.5) is 11.5 Å². The van der Waals surface area contributed by atoms with E-state index in [4.69, 9.17) is 24.4 Å². The molecule has 3 aromatic rings. The molecule has 0 radical (unpaired) electrons. The third kappa shape index (κ3) is 3.81. The molecule has 0 saturated carbocycles. The molecule has 8 nitrogen and oxygen atoms in total. The summed E-state index contributed by atoms with van der Waals surface area (Å²) in [6.45, 7) is 8.93. The number of para-hydroxylation sites is 1. The van der Waals surface area contributed by atoms with Crippen LogP contribution in [-0.2, 0) is 9.47 Å². The second-order valence-electron chi connectivity index (χ2n) is 9.21. The van der Waals surface area contributed by atoms with Gasteiger partial charge < -0.3 is 14.4 Å². The zero-order valence-corrected chi connectivity index (χ0v) is 19.7. The number of nitrogens with zero attached hydrogens (tertiary/aromatic N) is 6. The highest BCUT2D eigenvalue weighted by molar-refractivity contribution is 6.06. The number of ether oxygens (including phenoxy) is 2. The lowest BCUT2D eigenvalue weighted by Gasteiger charge is -2.46. The van der Waals surface area contributed by atoms with E-state index in [2.05, 4.69) is 58.9 Å². The molecular formula is C26H30N6O2. The van der Waals surface area contributed by atoms with Crippen molar-refractivity contribution in [3.05, 3.63) is 60.4 Å². The van der Waals surface area contributed by atoms with Crippen molar-refractivity contribution in [2.45, 2.75) is 32.3 Å². The molecule has 34 heavy (non-hydrogen) atoms. The van der Waals surface area contributed by atoms with Crippen molar-refractivity contribution in [3.8, 4) is 0 Å². The van der Waals surface area contributed by atoms with Crippen molar-refractivity contribution in [1.82, 2.24) is 19.8 Å². The van der Waals surface area contributed by atoms with Crippen molar-refractivity contribution in [2.24, 2.45) is 4.99 Å². The molecule has 0 bridgehead atoms. The predicted molar refractivity (Wildman–Crippen MR) is 132 cm³/mol. The Morgan fingerprint density at radius 1 is 0.882 bits per heavy atom. The molecule has 0 spiro atoms. The van der Waals surface area contributed by atoms with Gasteiger partial charge in [-0.2, -0.15) is 0 Å². The van der Waals surface area contributed by atoms with E-state index in [1.807, 2.05) is 24.5 Å². The minimum Gasteiger partial charge on any atom is -0.378 e. The van der Waals surface area contributed by atoms with Crippen LogP contribution in [0.25, 0.3) is 10.9 Å². The lowest BCUT2D eigenvalue weighted by atomic mass is 10.1. The Bertz CT molecular complexity index is 1200. The number of anilines is 2. The molecule has 0 aliphatic carbocycles. The molecule has 0 amide bonds. The number of hydrogen-bond donors (Lipinski definition) is 0. The van der Waals surface area contributed by atoms with Crippen LogP contribution in [0.15, 0.2) is 59.9 Å². The SMILES string of the molecule is CC1CN(C2N=C(N3CCOCC3)c3cccnc3N2c2cccc3cccnc23)CC(C)O1. The lowest BCUT2D eigenvalue weighted by Crippen LogP contribution is -2.57. The highest BCUT2D eigenvalue weighted by Crippen LogP contribution is 2.39. The van der Waals surface area contributed by atoms with Gasteiger partial charge in [0.2, 0.25) is 0 Å². The van der Waals surface area contributed by atoms with Crippen molar-refractivity contribution in [2.75, 3.05) is 44.3 Å². The summed E-state index contributed by atoms with van der Waals surface area (Å²) < 4.78 is 11.7. The molecule has 3 unspecified atom stereocenters. The Hall–Kier alpha value is -3.07. The molecule has 5 heterocycles. The number of pyridine rings is 2. The van der Waals surface area contributed by atoms with Crippen LogP contribution in [0, 0.1) is 0 Å². The molecule has 3 atom stereocenters. The fourth-order valence-corrected chi connectivity index (χ4v) is 5.31. The van der Waals surface area contributed by atoms with Gasteiger partial charge in [0.1, 0.15) is 11.7 Å². The summed E-state index contributed by atoms with van der Waals surface area (Å²) in [6.07, 6.45) is 3.73. The minimum atomic E-state index is -0.248. The average Bonchev–Trinajstić information content (AvgIpc) is 2.87. The second-order valence-corrected chi connectivity index (χ2v) is 9.21. The normalized spacial score (nSPS) is 25.8. The monoisotopic (exact) mass is 458 g/mol. The van der Waals surface area contributed by atoms with Gasteiger partial charge in [0.15, 0.2) is 6.29 Å². The van der Waals surface area contributed by atoms with Crippen LogP contribution < -0.4 is 4.90 Å². The van der Waals surface area contributed by atoms with Crippen molar-refractivity contribution < 1.29 is 9.47 Å². The first-order chi connectivity index (χ1) is 16.7. The molecule has 176 valence electrons. The van der Waals surface area contributed by atoms with Crippen LogP contribution in [0.1, 0.15) is 19.4 Å². The smallest absolute Gasteiger partial charge is 0.186 e. The number of aromatic nitrogens is 2. The first-order valence-corrected chi connectivity index (χ1v) is 12.1. The van der Waals surface area contributed by atoms with Gasteiger partial charge in [-0.3, -0.25) is 14.8 Å². The van der Waals surface area contributed by atoms with Crippen molar-refractivity contribution in [3.63, 3.8) is 0 Å². The molecule has 6 rings (SSSR count). The largest absolute Gasteiger partial charge is 0.378 e. The summed E-state index contributed by atoms with van der Waals surface area (Å²) >= 11 is 0. The quantitative estimate of drug-likeness (QED) is 0.584. The number of rotatable bonds is 2. The maximum atomic E-state index is 6.07. The van der Waals surface area contributed by atoms with Gasteiger partial charge in [-0.1, -0.05) is 18.2 Å². The summed E-state index contributed by atoms with van der Waals surface area (Å²) in [7, 11) is 0. The van der Waals surface area contributed by atoms with Crippen LogP contribution in [0.2, 0.25) is 0 Å². The van der Waals surface area contributed by atoms with Gasteiger partial charge in [0.05, 0.1) is 42.2 Å². The molecule has 2 fully saturated rings. The molecule has 3 aliphatic heterocycles. The minimum absolute atomic E-state index is 0.128. The second kappa shape index (κ2) is 8.94. The van der Waals surface area contributed by atoms with E-state index in [1.165, 1.54) is 0 Å². The zero-order chi connectivity index (χ0) is 23.1. The van der Waals surface area contributed by atoms with E-state index in [-0.39, 0.29) is 18.5 Å². The Morgan fingerprint density at radius 3 is 2.44 bits per heavy atom. The van der Waals surface area contributed by atoms with Gasteiger partial charge >= 0.3 is 0 Å². The number of hydrogen-bond acceptors (Lipinski definition) is 8. The summed E-state index contributed by atoms with van der Waals surface area (Å²) in [5.41, 5.74) is 3.01. The standard InChI is InChI=1S/C26H30N6O2/c1-18-16-31(17-19(2)34-18)26-29-25(30-12-14-33-15-13-30)21-8-5-11-28-24(21)32(26)22-9-3-6-20-7-4-10-27-23(20)22/h3-11,18-19,26H,12-17H2,1-2H3. The highest BCUT2D eigenvalue weighted by atomic mass is 16.5. The summed E-state index contributed by atoms with van der Waals surface area (Å²) in [6, 6.07) is 14.5. The van der Waals surface area contributed by atoms with E-state index in [0.29, 0.717) is 13.2 Å². The molecule has 8 heteroatoms. The zero-order valence-electron chi connectivity index (χ0n) is 19.7. The molecular weight excluding hydrogens is 428 g/mol. The number of morpholine rings is 2. The third-order valence-electron chi connectivity index (χ3n) is 6.68. The Kier molecular flexibility index (Phi) is 5.64. The number of fused-ring (bicyclic) bond motifs is 2. The Labute approximate surface area is 199 Å². The maximum Gasteiger partial charge on any atom is 0.186 e. The van der Waals surface area contributed by atoms with Gasteiger partial charge in [-0.05, 0) is 38.1 Å². The lowest BCUT2D eigenvalue weighted by molar-refractivity contribution is -0.0789. The van der Waals surface area contributed by atoms with Gasteiger partial charge in [0.25, 0.3) is 0 Å². The summed E-state index contributed by atoms with van der Waals surface area (Å²) in [4.78, 5) is 22.1. The van der Waals surface area contributed by atoms with E-state index in [0.717, 1.165) is 60.0 Å². The topological polar surface area (TPSA) is 66.3 Å². The molecule has 1 aromatic carbocycles. The summed E-state index contributed by atoms with van der Waals surface area (Å²) in [5.74, 6) is 1.90. The van der Waals surface area contributed by atoms with Crippen LogP contribution in [0.5, 0.6) is 0 Å². The van der Waals surface area contributed by atoms with E-state index < -0.39 is 0 Å². The van der Waals surface area contributed by atoms with E-state index in [1.54, 1.807) is 0 Å². The van der Waals surface area contributed by atoms with E-state index in [9.17, 15) is 0 Å². The van der Waals surface area contributed by atoms with Crippen LogP contribution in [-0.4, -0.2) is 83.5 Å². The first kappa shape index (κ1) is 21.5.